The summed E-state index contributed by atoms with van der Waals surface area (Å²) in [5.41, 5.74) is 1.61. The minimum Gasteiger partial charge on any atom is -0.312 e. The fourth-order valence-corrected chi connectivity index (χ4v) is 1.96. The number of halogens is 2. The van der Waals surface area contributed by atoms with Crippen LogP contribution in [0.5, 0.6) is 0 Å². The Balaban J connectivity index is 1.90. The Labute approximate surface area is 101 Å². The highest BCUT2D eigenvalue weighted by Crippen LogP contribution is 2.44. The molecule has 1 aliphatic rings. The molecule has 0 atom stereocenters. The van der Waals surface area contributed by atoms with Gasteiger partial charge in [0.15, 0.2) is 0 Å². The molecule has 3 heteroatoms. The summed E-state index contributed by atoms with van der Waals surface area (Å²) in [5, 5.41) is 4.74. The lowest BCUT2D eigenvalue weighted by atomic mass is 10.1. The van der Waals surface area contributed by atoms with Crippen molar-refractivity contribution in [1.29, 1.82) is 0 Å². The van der Waals surface area contributed by atoms with Crippen LogP contribution >= 0.6 is 23.2 Å². The Kier molecular flexibility index (Phi) is 3.24. The second kappa shape index (κ2) is 4.32. The second-order valence-corrected chi connectivity index (χ2v) is 5.41. The Morgan fingerprint density at radius 3 is 2.73 bits per heavy atom. The number of hydrogen-bond acceptors (Lipinski definition) is 1. The average Bonchev–Trinajstić information content (AvgIpc) is 2.92. The van der Waals surface area contributed by atoms with E-state index in [1.54, 1.807) is 0 Å². The molecule has 0 spiro atoms. The zero-order valence-electron chi connectivity index (χ0n) is 8.82. The van der Waals surface area contributed by atoms with E-state index in [0.29, 0.717) is 15.5 Å². The van der Waals surface area contributed by atoms with E-state index in [9.17, 15) is 0 Å². The molecule has 1 saturated carbocycles. The molecule has 82 valence electrons. The van der Waals surface area contributed by atoms with Crippen LogP contribution in [-0.2, 0) is 6.54 Å². The molecule has 0 heterocycles. The van der Waals surface area contributed by atoms with Crippen LogP contribution in [-0.4, -0.2) is 6.54 Å². The first-order valence-corrected chi connectivity index (χ1v) is 6.00. The molecule has 0 unspecified atom stereocenters. The highest BCUT2D eigenvalue weighted by Gasteiger charge is 2.36. The number of hydrogen-bond donors (Lipinski definition) is 1. The first-order chi connectivity index (χ1) is 7.11. The van der Waals surface area contributed by atoms with E-state index >= 15 is 0 Å². The normalized spacial score (nSPS) is 17.8. The summed E-state index contributed by atoms with van der Waals surface area (Å²) in [6.45, 7) is 4.17. The average molecular weight is 244 g/mol. The van der Waals surface area contributed by atoms with Gasteiger partial charge in [0.2, 0.25) is 0 Å². The predicted molar refractivity (Wildman–Crippen MR) is 65.5 cm³/mol. The largest absolute Gasteiger partial charge is 0.312 e. The van der Waals surface area contributed by atoms with Gasteiger partial charge in [-0.1, -0.05) is 42.3 Å². The van der Waals surface area contributed by atoms with Crippen molar-refractivity contribution in [2.45, 2.75) is 26.3 Å². The number of rotatable bonds is 4. The number of nitrogens with one attached hydrogen (secondary N) is 1. The van der Waals surface area contributed by atoms with Gasteiger partial charge in [0, 0.05) is 13.1 Å². The van der Waals surface area contributed by atoms with Crippen LogP contribution in [0.2, 0.25) is 10.0 Å². The molecule has 0 saturated heterocycles. The van der Waals surface area contributed by atoms with E-state index in [0.717, 1.165) is 18.7 Å². The molecule has 1 N–H and O–H groups in total. The summed E-state index contributed by atoms with van der Waals surface area (Å²) in [5.74, 6) is 0. The molecular weight excluding hydrogens is 229 g/mol. The molecule has 0 aliphatic heterocycles. The lowest BCUT2D eigenvalue weighted by molar-refractivity contribution is 0.499. The lowest BCUT2D eigenvalue weighted by Crippen LogP contribution is -2.21. The Hall–Kier alpha value is -0.240. The summed E-state index contributed by atoms with van der Waals surface area (Å²) in [6.07, 6.45) is 2.67. The minimum atomic E-state index is 0.533. The van der Waals surface area contributed by atoms with Gasteiger partial charge >= 0.3 is 0 Å². The van der Waals surface area contributed by atoms with Crippen LogP contribution in [0.4, 0.5) is 0 Å². The van der Waals surface area contributed by atoms with E-state index in [1.807, 2.05) is 18.2 Å². The summed E-state index contributed by atoms with van der Waals surface area (Å²) in [4.78, 5) is 0. The third-order valence-corrected chi connectivity index (χ3v) is 3.86. The molecule has 1 aromatic rings. The van der Waals surface area contributed by atoms with E-state index in [1.165, 1.54) is 12.8 Å². The maximum absolute atomic E-state index is 6.09. The van der Waals surface area contributed by atoms with Gasteiger partial charge in [0.25, 0.3) is 0 Å². The molecule has 1 aromatic carbocycles. The fourth-order valence-electron chi connectivity index (χ4n) is 1.57. The van der Waals surface area contributed by atoms with Crippen molar-refractivity contribution in [3.8, 4) is 0 Å². The molecule has 1 aliphatic carbocycles. The SMILES string of the molecule is CC1(CNCc2cccc(Cl)c2Cl)CC1. The molecule has 0 radical (unpaired) electrons. The van der Waals surface area contributed by atoms with Crippen molar-refractivity contribution in [1.82, 2.24) is 5.32 Å². The highest BCUT2D eigenvalue weighted by atomic mass is 35.5. The van der Waals surface area contributed by atoms with Crippen molar-refractivity contribution < 1.29 is 0 Å². The van der Waals surface area contributed by atoms with Crippen LogP contribution in [0.1, 0.15) is 25.3 Å². The van der Waals surface area contributed by atoms with Crippen LogP contribution < -0.4 is 5.32 Å². The molecule has 0 amide bonds. The highest BCUT2D eigenvalue weighted by molar-refractivity contribution is 6.42. The smallest absolute Gasteiger partial charge is 0.0637 e. The van der Waals surface area contributed by atoms with Crippen molar-refractivity contribution in [3.63, 3.8) is 0 Å². The van der Waals surface area contributed by atoms with Gasteiger partial charge in [-0.3, -0.25) is 0 Å². The Morgan fingerprint density at radius 2 is 2.07 bits per heavy atom. The first kappa shape index (κ1) is 11.3. The number of benzene rings is 1. The Morgan fingerprint density at radius 1 is 1.33 bits per heavy atom. The topological polar surface area (TPSA) is 12.0 Å². The molecule has 0 bridgehead atoms. The van der Waals surface area contributed by atoms with Gasteiger partial charge in [-0.05, 0) is 29.9 Å². The second-order valence-electron chi connectivity index (χ2n) is 4.63. The molecule has 2 rings (SSSR count). The van der Waals surface area contributed by atoms with Gasteiger partial charge < -0.3 is 5.32 Å². The Bertz CT molecular complexity index is 359. The van der Waals surface area contributed by atoms with E-state index in [2.05, 4.69) is 12.2 Å². The van der Waals surface area contributed by atoms with Gasteiger partial charge in [-0.25, -0.2) is 0 Å². The summed E-state index contributed by atoms with van der Waals surface area (Å²) in [6, 6.07) is 5.76. The van der Waals surface area contributed by atoms with E-state index < -0.39 is 0 Å². The van der Waals surface area contributed by atoms with E-state index in [4.69, 9.17) is 23.2 Å². The lowest BCUT2D eigenvalue weighted by Gasteiger charge is -2.11. The van der Waals surface area contributed by atoms with Crippen molar-refractivity contribution in [2.75, 3.05) is 6.54 Å². The van der Waals surface area contributed by atoms with Crippen molar-refractivity contribution >= 4 is 23.2 Å². The molecule has 1 nitrogen and oxygen atoms in total. The van der Waals surface area contributed by atoms with E-state index in [-0.39, 0.29) is 0 Å². The van der Waals surface area contributed by atoms with Crippen LogP contribution in [0.25, 0.3) is 0 Å². The van der Waals surface area contributed by atoms with Gasteiger partial charge in [-0.2, -0.15) is 0 Å². The molecule has 0 aromatic heterocycles. The molecular formula is C12H15Cl2N. The summed E-state index contributed by atoms with van der Waals surface area (Å²) in [7, 11) is 0. The zero-order chi connectivity index (χ0) is 10.9. The van der Waals surface area contributed by atoms with Crippen LogP contribution in [0.3, 0.4) is 0 Å². The predicted octanol–water partition coefficient (Wildman–Crippen LogP) is 3.88. The van der Waals surface area contributed by atoms with Gasteiger partial charge in [0.1, 0.15) is 0 Å². The minimum absolute atomic E-state index is 0.533. The fraction of sp³-hybridized carbons (Fsp3) is 0.500. The standard InChI is InChI=1S/C12H15Cl2N/c1-12(5-6-12)8-15-7-9-3-2-4-10(13)11(9)14/h2-4,15H,5-8H2,1H3. The van der Waals surface area contributed by atoms with Crippen molar-refractivity contribution in [3.05, 3.63) is 33.8 Å². The van der Waals surface area contributed by atoms with Crippen LogP contribution in [0.15, 0.2) is 18.2 Å². The maximum Gasteiger partial charge on any atom is 0.0637 e. The maximum atomic E-state index is 6.09. The van der Waals surface area contributed by atoms with Gasteiger partial charge in [0.05, 0.1) is 10.0 Å². The first-order valence-electron chi connectivity index (χ1n) is 5.24. The summed E-state index contributed by atoms with van der Waals surface area (Å²) < 4.78 is 0. The monoisotopic (exact) mass is 243 g/mol. The third-order valence-electron chi connectivity index (χ3n) is 3.00. The third kappa shape index (κ3) is 2.87. The summed E-state index contributed by atoms with van der Waals surface area (Å²) >= 11 is 12.0. The molecule has 1 fully saturated rings. The van der Waals surface area contributed by atoms with Gasteiger partial charge in [-0.15, -0.1) is 0 Å². The van der Waals surface area contributed by atoms with Crippen LogP contribution in [0, 0.1) is 5.41 Å². The van der Waals surface area contributed by atoms with Crippen molar-refractivity contribution in [2.24, 2.45) is 5.41 Å². The zero-order valence-corrected chi connectivity index (χ0v) is 10.3. The molecule has 15 heavy (non-hydrogen) atoms. The quantitative estimate of drug-likeness (QED) is 0.847.